The number of carboxylic acid groups (broad SMARTS) is 1. The zero-order valence-corrected chi connectivity index (χ0v) is 17.6. The Kier molecular flexibility index (Phi) is 8.50. The summed E-state index contributed by atoms with van der Waals surface area (Å²) in [5, 5.41) is 20.8. The van der Waals surface area contributed by atoms with Crippen LogP contribution in [0.15, 0.2) is 30.3 Å². The van der Waals surface area contributed by atoms with Crippen LogP contribution in [0, 0.1) is 5.92 Å². The van der Waals surface area contributed by atoms with Crippen LogP contribution in [0.3, 0.4) is 0 Å². The Bertz CT molecular complexity index is 720. The van der Waals surface area contributed by atoms with Gasteiger partial charge in [0.05, 0.1) is 11.6 Å². The van der Waals surface area contributed by atoms with E-state index in [0.717, 1.165) is 5.56 Å². The molecule has 0 aromatic heterocycles. The van der Waals surface area contributed by atoms with Gasteiger partial charge in [-0.1, -0.05) is 51.1 Å². The number of rotatable bonds is 10. The van der Waals surface area contributed by atoms with E-state index in [9.17, 15) is 24.6 Å². The molecule has 0 aliphatic carbocycles. The number of aliphatic hydroxyl groups is 1. The highest BCUT2D eigenvalue weighted by Gasteiger charge is 2.59. The van der Waals surface area contributed by atoms with Crippen LogP contribution >= 0.6 is 0 Å². The average Bonchev–Trinajstić information content (AvgIpc) is 2.67. The van der Waals surface area contributed by atoms with Gasteiger partial charge in [-0.25, -0.2) is 9.69 Å². The van der Waals surface area contributed by atoms with E-state index < -0.39 is 35.1 Å². The predicted molar refractivity (Wildman–Crippen MR) is 110 cm³/mol. The normalized spacial score (nSPS) is 16.6. The van der Waals surface area contributed by atoms with Crippen LogP contribution in [0.5, 0.6) is 0 Å². The fourth-order valence-electron chi connectivity index (χ4n) is 2.94. The van der Waals surface area contributed by atoms with Gasteiger partial charge < -0.3 is 21.7 Å². The number of aryl methyl sites for hydroxylation is 1. The molecule has 0 radical (unpaired) electrons. The van der Waals surface area contributed by atoms with E-state index in [0.29, 0.717) is 17.7 Å². The molecule has 8 nitrogen and oxygen atoms in total. The summed E-state index contributed by atoms with van der Waals surface area (Å²) in [6.07, 6.45) is 0.797. The van der Waals surface area contributed by atoms with Crippen LogP contribution in [-0.4, -0.2) is 50.2 Å². The molecule has 0 saturated heterocycles. The quantitative estimate of drug-likeness (QED) is 0.427. The number of carbonyl (C=O) groups excluding carboxylic acids is 2. The SMILES string of the molecule is CCC(C)(N)C(O)(C(=O)O)N(C(=O)CCCc1ccccc1)C(=O)C(N)C(C)C. The lowest BCUT2D eigenvalue weighted by molar-refractivity contribution is -0.206. The molecule has 0 saturated carbocycles. The first kappa shape index (κ1) is 24.7. The minimum absolute atomic E-state index is 0.00773. The number of hydrogen-bond donors (Lipinski definition) is 4. The van der Waals surface area contributed by atoms with Crippen LogP contribution in [0.1, 0.15) is 52.5 Å². The summed E-state index contributed by atoms with van der Waals surface area (Å²) in [6.45, 7) is 6.20. The van der Waals surface area contributed by atoms with Crippen molar-refractivity contribution in [3.63, 3.8) is 0 Å². The predicted octanol–water partition coefficient (Wildman–Crippen LogP) is 1.25. The molecule has 1 aromatic rings. The van der Waals surface area contributed by atoms with Crippen LogP contribution < -0.4 is 11.5 Å². The standard InChI is InChI=1S/C21H33N3O5/c1-5-20(4,23)21(29,19(27)28)24(18(26)17(22)14(2)3)16(25)13-9-12-15-10-7-6-8-11-15/h6-8,10-11,14,17,29H,5,9,12-13,22-23H2,1-4H3,(H,27,28). The Balaban J connectivity index is 3.23. The minimum atomic E-state index is -2.92. The van der Waals surface area contributed by atoms with Gasteiger partial charge in [-0.05, 0) is 37.7 Å². The Morgan fingerprint density at radius 1 is 1.17 bits per heavy atom. The van der Waals surface area contributed by atoms with Crippen molar-refractivity contribution in [1.29, 1.82) is 0 Å². The van der Waals surface area contributed by atoms with Gasteiger partial charge in [-0.2, -0.15) is 0 Å². The van der Waals surface area contributed by atoms with Gasteiger partial charge in [0.1, 0.15) is 0 Å². The zero-order chi connectivity index (χ0) is 22.4. The Morgan fingerprint density at radius 2 is 1.72 bits per heavy atom. The molecule has 0 fully saturated rings. The van der Waals surface area contributed by atoms with Crippen molar-refractivity contribution in [2.24, 2.45) is 17.4 Å². The fourth-order valence-corrected chi connectivity index (χ4v) is 2.94. The molecule has 0 bridgehead atoms. The second-order valence-electron chi connectivity index (χ2n) is 7.92. The van der Waals surface area contributed by atoms with E-state index in [1.807, 2.05) is 30.3 Å². The topological polar surface area (TPSA) is 147 Å². The molecule has 8 heteroatoms. The molecule has 162 valence electrons. The highest BCUT2D eigenvalue weighted by atomic mass is 16.4. The lowest BCUT2D eigenvalue weighted by Crippen LogP contribution is -2.75. The Labute approximate surface area is 171 Å². The monoisotopic (exact) mass is 407 g/mol. The minimum Gasteiger partial charge on any atom is -0.478 e. The van der Waals surface area contributed by atoms with Crippen molar-refractivity contribution in [3.05, 3.63) is 35.9 Å². The fraction of sp³-hybridized carbons (Fsp3) is 0.571. The van der Waals surface area contributed by atoms with E-state index in [1.165, 1.54) is 6.92 Å². The smallest absolute Gasteiger partial charge is 0.359 e. The van der Waals surface area contributed by atoms with Gasteiger partial charge in [0.2, 0.25) is 11.8 Å². The van der Waals surface area contributed by atoms with E-state index in [4.69, 9.17) is 11.5 Å². The first-order valence-corrected chi connectivity index (χ1v) is 9.81. The summed E-state index contributed by atoms with van der Waals surface area (Å²) in [7, 11) is 0. The summed E-state index contributed by atoms with van der Waals surface area (Å²) in [5.41, 5.74) is 8.27. The summed E-state index contributed by atoms with van der Waals surface area (Å²) in [4.78, 5) is 38.4. The van der Waals surface area contributed by atoms with Gasteiger partial charge in [-0.15, -0.1) is 0 Å². The van der Waals surface area contributed by atoms with Crippen LogP contribution in [0.25, 0.3) is 0 Å². The van der Waals surface area contributed by atoms with Crippen LogP contribution in [-0.2, 0) is 20.8 Å². The summed E-state index contributed by atoms with van der Waals surface area (Å²) in [6, 6.07) is 8.28. The molecular formula is C21H33N3O5. The zero-order valence-electron chi connectivity index (χ0n) is 17.6. The van der Waals surface area contributed by atoms with E-state index >= 15 is 0 Å². The maximum atomic E-state index is 13.0. The van der Waals surface area contributed by atoms with E-state index in [-0.39, 0.29) is 18.8 Å². The largest absolute Gasteiger partial charge is 0.478 e. The molecular weight excluding hydrogens is 374 g/mol. The highest BCUT2D eigenvalue weighted by molar-refractivity contribution is 6.03. The van der Waals surface area contributed by atoms with Crippen molar-refractivity contribution in [2.75, 3.05) is 0 Å². The second-order valence-corrected chi connectivity index (χ2v) is 7.92. The molecule has 3 atom stereocenters. The van der Waals surface area contributed by atoms with Gasteiger partial charge in [-0.3, -0.25) is 9.59 Å². The number of carboxylic acids is 1. The van der Waals surface area contributed by atoms with Gasteiger partial charge >= 0.3 is 5.97 Å². The molecule has 3 unspecified atom stereocenters. The number of nitrogens with zero attached hydrogens (tertiary/aromatic N) is 1. The Morgan fingerprint density at radius 3 is 2.17 bits per heavy atom. The molecule has 0 aliphatic heterocycles. The van der Waals surface area contributed by atoms with E-state index in [2.05, 4.69) is 0 Å². The second kappa shape index (κ2) is 9.96. The number of benzene rings is 1. The van der Waals surface area contributed by atoms with Crippen LogP contribution in [0.2, 0.25) is 0 Å². The molecule has 29 heavy (non-hydrogen) atoms. The summed E-state index contributed by atoms with van der Waals surface area (Å²) < 4.78 is 0. The maximum Gasteiger partial charge on any atom is 0.359 e. The summed E-state index contributed by atoms with van der Waals surface area (Å²) >= 11 is 0. The summed E-state index contributed by atoms with van der Waals surface area (Å²) in [5.74, 6) is -3.92. The molecule has 0 heterocycles. The van der Waals surface area contributed by atoms with E-state index in [1.54, 1.807) is 20.8 Å². The number of amides is 2. The molecule has 6 N–H and O–H groups in total. The number of imide groups is 1. The van der Waals surface area contributed by atoms with Crippen molar-refractivity contribution >= 4 is 17.8 Å². The third-order valence-corrected chi connectivity index (χ3v) is 5.32. The van der Waals surface area contributed by atoms with Crippen molar-refractivity contribution in [2.45, 2.75) is 70.7 Å². The molecule has 0 aliphatic rings. The number of aliphatic carboxylic acids is 1. The average molecular weight is 408 g/mol. The highest BCUT2D eigenvalue weighted by Crippen LogP contribution is 2.30. The molecule has 2 amide bonds. The third kappa shape index (κ3) is 5.41. The first-order valence-electron chi connectivity index (χ1n) is 9.81. The number of hydrogen-bond acceptors (Lipinski definition) is 6. The number of carbonyl (C=O) groups is 3. The molecule has 0 spiro atoms. The van der Waals surface area contributed by atoms with Gasteiger partial charge in [0.25, 0.3) is 5.72 Å². The first-order chi connectivity index (χ1) is 13.4. The number of nitrogens with two attached hydrogens (primary N) is 2. The Hall–Kier alpha value is -2.29. The van der Waals surface area contributed by atoms with Gasteiger partial charge in [0.15, 0.2) is 0 Å². The lowest BCUT2D eigenvalue weighted by atomic mass is 9.84. The molecule has 1 aromatic carbocycles. The third-order valence-electron chi connectivity index (χ3n) is 5.32. The van der Waals surface area contributed by atoms with Crippen LogP contribution in [0.4, 0.5) is 0 Å². The van der Waals surface area contributed by atoms with Crippen molar-refractivity contribution in [1.82, 2.24) is 4.90 Å². The van der Waals surface area contributed by atoms with Gasteiger partial charge in [0, 0.05) is 6.42 Å². The van der Waals surface area contributed by atoms with Crippen molar-refractivity contribution in [3.8, 4) is 0 Å². The maximum absolute atomic E-state index is 13.0. The molecule has 1 rings (SSSR count). The lowest BCUT2D eigenvalue weighted by Gasteiger charge is -2.45. The van der Waals surface area contributed by atoms with Crippen molar-refractivity contribution < 1.29 is 24.6 Å².